The van der Waals surface area contributed by atoms with E-state index in [1.54, 1.807) is 4.90 Å². The summed E-state index contributed by atoms with van der Waals surface area (Å²) in [6.07, 6.45) is 2.71. The molecule has 1 aliphatic carbocycles. The van der Waals surface area contributed by atoms with Gasteiger partial charge in [0.2, 0.25) is 11.8 Å². The molecule has 128 valence electrons. The number of hydrogen-bond donors (Lipinski definition) is 1. The normalized spacial score (nSPS) is 20.9. The van der Waals surface area contributed by atoms with Crippen LogP contribution in [0.15, 0.2) is 30.3 Å². The summed E-state index contributed by atoms with van der Waals surface area (Å²) in [4.78, 5) is 38.3. The Bertz CT molecular complexity index is 613. The van der Waals surface area contributed by atoms with Crippen molar-refractivity contribution in [3.8, 4) is 0 Å². The second kappa shape index (κ2) is 7.47. The van der Waals surface area contributed by atoms with Crippen molar-refractivity contribution >= 4 is 17.8 Å². The van der Waals surface area contributed by atoms with Gasteiger partial charge in [-0.25, -0.2) is 0 Å². The molecular weight excluding hydrogens is 308 g/mol. The Morgan fingerprint density at radius 1 is 1.21 bits per heavy atom. The van der Waals surface area contributed by atoms with Gasteiger partial charge in [-0.05, 0) is 18.4 Å². The van der Waals surface area contributed by atoms with Crippen LogP contribution in [0.3, 0.4) is 0 Å². The molecule has 1 aliphatic heterocycles. The fraction of sp³-hybridized carbons (Fsp3) is 0.500. The fourth-order valence-corrected chi connectivity index (χ4v) is 3.03. The number of hydrogen-bond acceptors (Lipinski definition) is 4. The average Bonchev–Trinajstić information content (AvgIpc) is 2.54. The van der Waals surface area contributed by atoms with E-state index in [1.165, 1.54) is 0 Å². The number of piperazine rings is 1. The summed E-state index contributed by atoms with van der Waals surface area (Å²) in [5.74, 6) is -0.728. The lowest BCUT2D eigenvalue weighted by atomic mass is 9.83. The molecule has 1 saturated heterocycles. The molecule has 1 aromatic rings. The summed E-state index contributed by atoms with van der Waals surface area (Å²) >= 11 is 0. The molecule has 1 aromatic carbocycles. The maximum absolute atomic E-state index is 12.5. The van der Waals surface area contributed by atoms with Crippen LogP contribution in [-0.2, 0) is 25.7 Å². The first-order chi connectivity index (χ1) is 11.6. The monoisotopic (exact) mass is 330 g/mol. The first kappa shape index (κ1) is 16.5. The molecule has 6 nitrogen and oxygen atoms in total. The van der Waals surface area contributed by atoms with Gasteiger partial charge < -0.3 is 15.0 Å². The number of esters is 1. The Hall–Kier alpha value is -2.37. The van der Waals surface area contributed by atoms with E-state index in [9.17, 15) is 14.4 Å². The van der Waals surface area contributed by atoms with Crippen LogP contribution in [0.4, 0.5) is 0 Å². The first-order valence-corrected chi connectivity index (χ1v) is 8.43. The predicted octanol–water partition coefficient (Wildman–Crippen LogP) is 1.25. The Kier molecular flexibility index (Phi) is 5.13. The predicted molar refractivity (Wildman–Crippen MR) is 86.7 cm³/mol. The zero-order valence-electron chi connectivity index (χ0n) is 13.6. The fourth-order valence-electron chi connectivity index (χ4n) is 3.03. The molecule has 0 spiro atoms. The van der Waals surface area contributed by atoms with E-state index in [2.05, 4.69) is 5.32 Å². The second-order valence-electron chi connectivity index (χ2n) is 6.32. The third kappa shape index (κ3) is 3.75. The van der Waals surface area contributed by atoms with Gasteiger partial charge in [-0.1, -0.05) is 36.8 Å². The minimum Gasteiger partial charge on any atom is -0.461 e. The van der Waals surface area contributed by atoms with Crippen LogP contribution < -0.4 is 5.32 Å². The van der Waals surface area contributed by atoms with E-state index in [0.717, 1.165) is 24.8 Å². The van der Waals surface area contributed by atoms with E-state index in [4.69, 9.17) is 4.74 Å². The lowest BCUT2D eigenvalue weighted by Crippen LogP contribution is -2.59. The number of carbonyl (C=O) groups is 3. The van der Waals surface area contributed by atoms with Crippen molar-refractivity contribution in [3.05, 3.63) is 35.9 Å². The van der Waals surface area contributed by atoms with Crippen molar-refractivity contribution in [2.45, 2.75) is 38.3 Å². The Labute approximate surface area is 141 Å². The summed E-state index contributed by atoms with van der Waals surface area (Å²) in [7, 11) is 0. The van der Waals surface area contributed by atoms with E-state index >= 15 is 0 Å². The maximum atomic E-state index is 12.5. The van der Waals surface area contributed by atoms with Gasteiger partial charge in [0.05, 0.1) is 6.42 Å². The van der Waals surface area contributed by atoms with Crippen molar-refractivity contribution < 1.29 is 19.1 Å². The van der Waals surface area contributed by atoms with Crippen LogP contribution in [0, 0.1) is 5.92 Å². The number of carbonyl (C=O) groups excluding carboxylic acids is 3. The van der Waals surface area contributed by atoms with Gasteiger partial charge in [-0.15, -0.1) is 0 Å². The van der Waals surface area contributed by atoms with Crippen LogP contribution in [0.1, 0.15) is 31.2 Å². The number of nitrogens with one attached hydrogen (secondary N) is 1. The molecule has 2 fully saturated rings. The van der Waals surface area contributed by atoms with Gasteiger partial charge in [0.25, 0.3) is 0 Å². The highest BCUT2D eigenvalue weighted by molar-refractivity contribution is 5.92. The highest BCUT2D eigenvalue weighted by Gasteiger charge is 2.39. The zero-order valence-corrected chi connectivity index (χ0v) is 13.6. The Morgan fingerprint density at radius 2 is 1.96 bits per heavy atom. The molecule has 0 radical (unpaired) electrons. The molecule has 1 atom stereocenters. The van der Waals surface area contributed by atoms with Crippen LogP contribution in [0.2, 0.25) is 0 Å². The van der Waals surface area contributed by atoms with Gasteiger partial charge in [-0.3, -0.25) is 14.4 Å². The van der Waals surface area contributed by atoms with Crippen LogP contribution >= 0.6 is 0 Å². The first-order valence-electron chi connectivity index (χ1n) is 8.43. The van der Waals surface area contributed by atoms with Gasteiger partial charge in [0.1, 0.15) is 12.6 Å². The van der Waals surface area contributed by atoms with Crippen molar-refractivity contribution in [3.63, 3.8) is 0 Å². The third-order valence-electron chi connectivity index (χ3n) is 4.67. The van der Waals surface area contributed by atoms with E-state index in [0.29, 0.717) is 13.1 Å². The SMILES string of the molecule is O=C(CC1C(=O)NCCN1C(=O)C1CCC1)OCc1ccccc1. The van der Waals surface area contributed by atoms with Gasteiger partial charge >= 0.3 is 5.97 Å². The van der Waals surface area contributed by atoms with Crippen LogP contribution in [0.5, 0.6) is 0 Å². The van der Waals surface area contributed by atoms with Crippen molar-refractivity contribution in [2.75, 3.05) is 13.1 Å². The van der Waals surface area contributed by atoms with E-state index < -0.39 is 12.0 Å². The smallest absolute Gasteiger partial charge is 0.308 e. The van der Waals surface area contributed by atoms with Crippen molar-refractivity contribution in [1.82, 2.24) is 10.2 Å². The largest absolute Gasteiger partial charge is 0.461 e. The minimum atomic E-state index is -0.755. The zero-order chi connectivity index (χ0) is 16.9. The quantitative estimate of drug-likeness (QED) is 0.825. The summed E-state index contributed by atoms with van der Waals surface area (Å²) in [5, 5.41) is 2.73. The second-order valence-corrected chi connectivity index (χ2v) is 6.32. The molecule has 2 amide bonds. The van der Waals surface area contributed by atoms with Crippen molar-refractivity contribution in [2.24, 2.45) is 5.92 Å². The third-order valence-corrected chi connectivity index (χ3v) is 4.67. The van der Waals surface area contributed by atoms with Crippen LogP contribution in [0.25, 0.3) is 0 Å². The summed E-state index contributed by atoms with van der Waals surface area (Å²) in [6.45, 7) is 1.06. The van der Waals surface area contributed by atoms with Crippen molar-refractivity contribution in [1.29, 1.82) is 0 Å². The lowest BCUT2D eigenvalue weighted by molar-refractivity contribution is -0.154. The molecule has 6 heteroatoms. The molecule has 2 aliphatic rings. The molecular formula is C18H22N2O4. The van der Waals surface area contributed by atoms with Gasteiger partial charge in [-0.2, -0.15) is 0 Å². The van der Waals surface area contributed by atoms with Gasteiger partial charge in [0.15, 0.2) is 0 Å². The van der Waals surface area contributed by atoms with E-state index in [-0.39, 0.29) is 30.8 Å². The van der Waals surface area contributed by atoms with E-state index in [1.807, 2.05) is 30.3 Å². The lowest BCUT2D eigenvalue weighted by Gasteiger charge is -2.38. The molecule has 1 saturated carbocycles. The highest BCUT2D eigenvalue weighted by atomic mass is 16.5. The number of benzene rings is 1. The number of rotatable bonds is 5. The molecule has 0 bridgehead atoms. The summed E-state index contributed by atoms with van der Waals surface area (Å²) in [6, 6.07) is 8.62. The number of amides is 2. The summed E-state index contributed by atoms with van der Waals surface area (Å²) in [5.41, 5.74) is 0.890. The standard InChI is InChI=1S/C18H22N2O4/c21-16(24-12-13-5-2-1-3-6-13)11-15-17(22)19-9-10-20(15)18(23)14-7-4-8-14/h1-3,5-6,14-15H,4,7-12H2,(H,19,22). The Balaban J connectivity index is 1.58. The highest BCUT2D eigenvalue weighted by Crippen LogP contribution is 2.29. The van der Waals surface area contributed by atoms with Crippen LogP contribution in [-0.4, -0.2) is 41.8 Å². The molecule has 1 heterocycles. The molecule has 1 unspecified atom stereocenters. The maximum Gasteiger partial charge on any atom is 0.308 e. The number of nitrogens with zero attached hydrogens (tertiary/aromatic N) is 1. The number of ether oxygens (including phenoxy) is 1. The van der Waals surface area contributed by atoms with Gasteiger partial charge in [0, 0.05) is 19.0 Å². The minimum absolute atomic E-state index is 0.00282. The summed E-state index contributed by atoms with van der Waals surface area (Å²) < 4.78 is 5.25. The molecule has 24 heavy (non-hydrogen) atoms. The topological polar surface area (TPSA) is 75.7 Å². The molecule has 3 rings (SSSR count). The average molecular weight is 330 g/mol. The Morgan fingerprint density at radius 3 is 2.62 bits per heavy atom. The molecule has 1 N–H and O–H groups in total. The molecule has 0 aromatic heterocycles.